The minimum atomic E-state index is 0.722. The van der Waals surface area contributed by atoms with Crippen LogP contribution >= 0.6 is 0 Å². The smallest absolute Gasteiger partial charge is 0.0221 e. The summed E-state index contributed by atoms with van der Waals surface area (Å²) in [6, 6.07) is 0.722. The second-order valence-electron chi connectivity index (χ2n) is 4.58. The Morgan fingerprint density at radius 2 is 2.27 bits per heavy atom. The molecular formula is C13H26N2. The molecule has 2 nitrogen and oxygen atoms in total. The molecule has 1 N–H and O–H groups in total. The Labute approximate surface area is 94.7 Å². The molecule has 2 heteroatoms. The predicted molar refractivity (Wildman–Crippen MR) is 67.2 cm³/mol. The largest absolute Gasteiger partial charge is 0.315 e. The standard InChI is InChI=1S/C13H26N2/c1-4-8-14-10-13(5-2)15-9-6-7-12(3)11-15/h7,13-14H,4-6,8-11H2,1-3H3. The third kappa shape index (κ3) is 4.35. The summed E-state index contributed by atoms with van der Waals surface area (Å²) in [5.74, 6) is 0. The maximum absolute atomic E-state index is 3.54. The molecule has 1 rings (SSSR count). The van der Waals surface area contributed by atoms with Gasteiger partial charge in [0, 0.05) is 25.7 Å². The van der Waals surface area contributed by atoms with Crippen LogP contribution in [0.25, 0.3) is 0 Å². The van der Waals surface area contributed by atoms with Crippen molar-refractivity contribution in [3.8, 4) is 0 Å². The number of nitrogens with one attached hydrogen (secondary N) is 1. The number of hydrogen-bond acceptors (Lipinski definition) is 2. The molecule has 1 aliphatic heterocycles. The fourth-order valence-corrected chi connectivity index (χ4v) is 2.23. The van der Waals surface area contributed by atoms with Gasteiger partial charge < -0.3 is 5.32 Å². The van der Waals surface area contributed by atoms with Gasteiger partial charge in [-0.1, -0.05) is 25.5 Å². The second-order valence-corrected chi connectivity index (χ2v) is 4.58. The zero-order valence-electron chi connectivity index (χ0n) is 10.6. The molecule has 0 aromatic carbocycles. The van der Waals surface area contributed by atoms with E-state index in [1.54, 1.807) is 0 Å². The van der Waals surface area contributed by atoms with Crippen molar-refractivity contribution in [2.75, 3.05) is 26.2 Å². The van der Waals surface area contributed by atoms with Crippen LogP contribution in [0.3, 0.4) is 0 Å². The summed E-state index contributed by atoms with van der Waals surface area (Å²) in [4.78, 5) is 2.62. The van der Waals surface area contributed by atoms with Gasteiger partial charge in [0.25, 0.3) is 0 Å². The van der Waals surface area contributed by atoms with E-state index in [-0.39, 0.29) is 0 Å². The van der Waals surface area contributed by atoms with Crippen molar-refractivity contribution in [2.24, 2.45) is 0 Å². The molecule has 1 aliphatic rings. The third-order valence-corrected chi connectivity index (χ3v) is 3.16. The van der Waals surface area contributed by atoms with E-state index in [2.05, 4.69) is 37.1 Å². The van der Waals surface area contributed by atoms with E-state index in [0.29, 0.717) is 0 Å². The van der Waals surface area contributed by atoms with Gasteiger partial charge in [-0.3, -0.25) is 4.90 Å². The maximum Gasteiger partial charge on any atom is 0.0221 e. The first-order chi connectivity index (χ1) is 7.27. The van der Waals surface area contributed by atoms with E-state index in [0.717, 1.165) is 19.1 Å². The summed E-state index contributed by atoms with van der Waals surface area (Å²) in [5.41, 5.74) is 1.54. The van der Waals surface area contributed by atoms with Crippen LogP contribution in [0.5, 0.6) is 0 Å². The minimum Gasteiger partial charge on any atom is -0.315 e. The second kappa shape index (κ2) is 7.02. The van der Waals surface area contributed by atoms with E-state index >= 15 is 0 Å². The first-order valence-corrected chi connectivity index (χ1v) is 6.38. The van der Waals surface area contributed by atoms with Crippen molar-refractivity contribution >= 4 is 0 Å². The van der Waals surface area contributed by atoms with Crippen LogP contribution in [-0.4, -0.2) is 37.1 Å². The van der Waals surface area contributed by atoms with E-state index < -0.39 is 0 Å². The average Bonchev–Trinajstić information content (AvgIpc) is 2.24. The lowest BCUT2D eigenvalue weighted by Gasteiger charge is -2.33. The van der Waals surface area contributed by atoms with Gasteiger partial charge in [0.15, 0.2) is 0 Å². The highest BCUT2D eigenvalue weighted by atomic mass is 15.2. The molecular weight excluding hydrogens is 184 g/mol. The van der Waals surface area contributed by atoms with Gasteiger partial charge >= 0.3 is 0 Å². The predicted octanol–water partition coefficient (Wildman–Crippen LogP) is 2.42. The minimum absolute atomic E-state index is 0.722. The van der Waals surface area contributed by atoms with Crippen LogP contribution in [-0.2, 0) is 0 Å². The molecule has 1 atom stereocenters. The molecule has 1 unspecified atom stereocenters. The lowest BCUT2D eigenvalue weighted by Crippen LogP contribution is -2.44. The van der Waals surface area contributed by atoms with Gasteiger partial charge in [-0.25, -0.2) is 0 Å². The quantitative estimate of drug-likeness (QED) is 0.535. The molecule has 0 amide bonds. The van der Waals surface area contributed by atoms with Gasteiger partial charge in [0.1, 0.15) is 0 Å². The molecule has 0 aromatic rings. The van der Waals surface area contributed by atoms with Crippen molar-refractivity contribution in [3.63, 3.8) is 0 Å². The number of hydrogen-bond donors (Lipinski definition) is 1. The Kier molecular flexibility index (Phi) is 5.96. The normalized spacial score (nSPS) is 20.1. The molecule has 15 heavy (non-hydrogen) atoms. The van der Waals surface area contributed by atoms with Gasteiger partial charge in [0.2, 0.25) is 0 Å². The fourth-order valence-electron chi connectivity index (χ4n) is 2.23. The fraction of sp³-hybridized carbons (Fsp3) is 0.846. The van der Waals surface area contributed by atoms with Crippen molar-refractivity contribution in [1.82, 2.24) is 10.2 Å². The van der Waals surface area contributed by atoms with Crippen LogP contribution in [0.2, 0.25) is 0 Å². The summed E-state index contributed by atoms with van der Waals surface area (Å²) < 4.78 is 0. The highest BCUT2D eigenvalue weighted by molar-refractivity contribution is 5.05. The molecule has 0 fully saturated rings. The summed E-state index contributed by atoms with van der Waals surface area (Å²) in [6.07, 6.45) is 6.10. The summed E-state index contributed by atoms with van der Waals surface area (Å²) in [5, 5.41) is 3.54. The third-order valence-electron chi connectivity index (χ3n) is 3.16. The lowest BCUT2D eigenvalue weighted by molar-refractivity contribution is 0.198. The van der Waals surface area contributed by atoms with Crippen LogP contribution in [0.1, 0.15) is 40.0 Å². The zero-order chi connectivity index (χ0) is 11.1. The Morgan fingerprint density at radius 3 is 2.87 bits per heavy atom. The Balaban J connectivity index is 2.34. The Hall–Kier alpha value is -0.340. The first kappa shape index (κ1) is 12.7. The van der Waals surface area contributed by atoms with Gasteiger partial charge in [0.05, 0.1) is 0 Å². The molecule has 0 aromatic heterocycles. The molecule has 1 heterocycles. The van der Waals surface area contributed by atoms with Gasteiger partial charge in [-0.2, -0.15) is 0 Å². The van der Waals surface area contributed by atoms with Crippen LogP contribution in [0.4, 0.5) is 0 Å². The van der Waals surface area contributed by atoms with Gasteiger partial charge in [-0.15, -0.1) is 0 Å². The van der Waals surface area contributed by atoms with Crippen LogP contribution in [0.15, 0.2) is 11.6 Å². The van der Waals surface area contributed by atoms with E-state index in [1.807, 2.05) is 0 Å². The van der Waals surface area contributed by atoms with E-state index in [9.17, 15) is 0 Å². The van der Waals surface area contributed by atoms with Crippen molar-refractivity contribution < 1.29 is 0 Å². The van der Waals surface area contributed by atoms with E-state index in [1.165, 1.54) is 37.9 Å². The summed E-state index contributed by atoms with van der Waals surface area (Å²) in [6.45, 7) is 11.5. The molecule has 88 valence electrons. The number of rotatable bonds is 6. The van der Waals surface area contributed by atoms with Gasteiger partial charge in [-0.05, 0) is 32.7 Å². The molecule has 0 aliphatic carbocycles. The molecule has 0 spiro atoms. The van der Waals surface area contributed by atoms with Crippen molar-refractivity contribution in [1.29, 1.82) is 0 Å². The SMILES string of the molecule is CCCNCC(CC)N1CCC=C(C)C1. The topological polar surface area (TPSA) is 15.3 Å². The van der Waals surface area contributed by atoms with Crippen LogP contribution in [0, 0.1) is 0 Å². The Morgan fingerprint density at radius 1 is 1.47 bits per heavy atom. The highest BCUT2D eigenvalue weighted by Gasteiger charge is 2.18. The summed E-state index contributed by atoms with van der Waals surface area (Å²) in [7, 11) is 0. The average molecular weight is 210 g/mol. The van der Waals surface area contributed by atoms with Crippen LogP contribution < -0.4 is 5.32 Å². The Bertz CT molecular complexity index is 199. The first-order valence-electron chi connectivity index (χ1n) is 6.38. The molecule has 0 saturated heterocycles. The maximum atomic E-state index is 3.54. The zero-order valence-corrected chi connectivity index (χ0v) is 10.6. The lowest BCUT2D eigenvalue weighted by atomic mass is 10.1. The van der Waals surface area contributed by atoms with Crippen molar-refractivity contribution in [2.45, 2.75) is 46.1 Å². The summed E-state index contributed by atoms with van der Waals surface area (Å²) >= 11 is 0. The van der Waals surface area contributed by atoms with Crippen molar-refractivity contribution in [3.05, 3.63) is 11.6 Å². The highest BCUT2D eigenvalue weighted by Crippen LogP contribution is 2.13. The van der Waals surface area contributed by atoms with E-state index in [4.69, 9.17) is 0 Å². The molecule has 0 bridgehead atoms. The molecule has 0 saturated carbocycles. The number of nitrogens with zero attached hydrogens (tertiary/aromatic N) is 1. The molecule has 0 radical (unpaired) electrons. The monoisotopic (exact) mass is 210 g/mol.